The number of hydrogen-bond acceptors (Lipinski definition) is 7. The van der Waals surface area contributed by atoms with Crippen LogP contribution in [-0.4, -0.2) is 16.4 Å². The number of nitriles is 1. The van der Waals surface area contributed by atoms with Gasteiger partial charge < -0.3 is 16.8 Å². The van der Waals surface area contributed by atoms with Crippen LogP contribution in [0.1, 0.15) is 36.0 Å². The Balaban J connectivity index is 2.31. The monoisotopic (exact) mass is 371 g/mol. The van der Waals surface area contributed by atoms with Crippen molar-refractivity contribution in [2.75, 3.05) is 11.5 Å². The minimum absolute atomic E-state index is 0.141. The molecular formula is C17H17N5OS2. The Kier molecular flexibility index (Phi) is 4.14. The van der Waals surface area contributed by atoms with E-state index in [0.29, 0.717) is 26.3 Å². The summed E-state index contributed by atoms with van der Waals surface area (Å²) in [6.45, 7) is 5.69. The summed E-state index contributed by atoms with van der Waals surface area (Å²) in [7, 11) is 0. The second-order valence-electron chi connectivity index (χ2n) is 6.57. The molecule has 1 amide bonds. The van der Waals surface area contributed by atoms with E-state index in [-0.39, 0.29) is 22.8 Å². The lowest BCUT2D eigenvalue weighted by Gasteiger charge is -2.20. The van der Waals surface area contributed by atoms with E-state index in [1.54, 1.807) is 0 Å². The van der Waals surface area contributed by atoms with Gasteiger partial charge in [-0.3, -0.25) is 4.79 Å². The molecule has 0 aliphatic rings. The Hall–Kier alpha value is -2.63. The highest BCUT2D eigenvalue weighted by molar-refractivity contribution is 7.21. The molecule has 8 heteroatoms. The van der Waals surface area contributed by atoms with Crippen molar-refractivity contribution in [3.63, 3.8) is 0 Å². The van der Waals surface area contributed by atoms with Crippen molar-refractivity contribution < 1.29 is 4.79 Å². The minimum Gasteiger partial charge on any atom is -0.397 e. The lowest BCUT2D eigenvalue weighted by molar-refractivity contribution is 0.0924. The predicted octanol–water partition coefficient (Wildman–Crippen LogP) is 3.59. The van der Waals surface area contributed by atoms with Crippen LogP contribution in [0.4, 0.5) is 11.5 Å². The van der Waals surface area contributed by atoms with E-state index in [1.807, 2.05) is 38.3 Å². The van der Waals surface area contributed by atoms with Crippen molar-refractivity contribution in [2.45, 2.75) is 26.3 Å². The highest BCUT2D eigenvalue weighted by Gasteiger charge is 2.26. The van der Waals surface area contributed by atoms with Gasteiger partial charge >= 0.3 is 0 Å². The van der Waals surface area contributed by atoms with Crippen LogP contribution in [0.25, 0.3) is 20.7 Å². The van der Waals surface area contributed by atoms with Crippen LogP contribution in [0.2, 0.25) is 0 Å². The van der Waals surface area contributed by atoms with Gasteiger partial charge in [0.05, 0.1) is 5.69 Å². The van der Waals surface area contributed by atoms with Gasteiger partial charge in [-0.25, -0.2) is 4.98 Å². The SMILES string of the molecule is CC(C)(C)NC(=O)c1sc2nc(N)c(C#N)c(-c3cccs3)c2c1N. The van der Waals surface area contributed by atoms with Crippen LogP contribution >= 0.6 is 22.7 Å². The summed E-state index contributed by atoms with van der Waals surface area (Å²) in [6.07, 6.45) is 0. The molecule has 3 rings (SSSR count). The topological polar surface area (TPSA) is 118 Å². The Morgan fingerprint density at radius 2 is 2.08 bits per heavy atom. The highest BCUT2D eigenvalue weighted by atomic mass is 32.1. The number of anilines is 2. The number of carbonyl (C=O) groups excluding carboxylic acids is 1. The molecule has 3 aromatic rings. The quantitative estimate of drug-likeness (QED) is 0.636. The summed E-state index contributed by atoms with van der Waals surface area (Å²) >= 11 is 2.66. The summed E-state index contributed by atoms with van der Waals surface area (Å²) in [5.41, 5.74) is 13.1. The van der Waals surface area contributed by atoms with E-state index in [1.165, 1.54) is 22.7 Å². The number of pyridine rings is 1. The molecule has 0 radical (unpaired) electrons. The largest absolute Gasteiger partial charge is 0.397 e. The van der Waals surface area contributed by atoms with Gasteiger partial charge in [0.2, 0.25) is 0 Å². The Labute approximate surface area is 153 Å². The molecule has 0 aliphatic heterocycles. The third-order valence-electron chi connectivity index (χ3n) is 3.48. The minimum atomic E-state index is -0.388. The van der Waals surface area contributed by atoms with Crippen molar-refractivity contribution in [2.24, 2.45) is 0 Å². The van der Waals surface area contributed by atoms with E-state index in [4.69, 9.17) is 11.5 Å². The molecule has 25 heavy (non-hydrogen) atoms. The Morgan fingerprint density at radius 3 is 2.64 bits per heavy atom. The fraction of sp³-hybridized carbons (Fsp3) is 0.235. The van der Waals surface area contributed by atoms with Gasteiger partial charge in [-0.2, -0.15) is 5.26 Å². The van der Waals surface area contributed by atoms with Crippen molar-refractivity contribution in [1.82, 2.24) is 10.3 Å². The van der Waals surface area contributed by atoms with Gasteiger partial charge in [-0.1, -0.05) is 6.07 Å². The van der Waals surface area contributed by atoms with Crippen LogP contribution in [0, 0.1) is 11.3 Å². The van der Waals surface area contributed by atoms with Gasteiger partial charge in [0, 0.05) is 21.4 Å². The number of thiophene rings is 2. The first-order valence-electron chi connectivity index (χ1n) is 7.51. The number of aromatic nitrogens is 1. The molecule has 0 bridgehead atoms. The fourth-order valence-electron chi connectivity index (χ4n) is 2.52. The standard InChI is InChI=1S/C17H17N5OS2/c1-17(2,3)22-15(23)13-12(19)11-10(9-5-4-6-24-9)8(7-18)14(20)21-16(11)25-13/h4-6H,19H2,1-3H3,(H2,20,21)(H,22,23). The number of hydrogen-bond donors (Lipinski definition) is 3. The summed E-state index contributed by atoms with van der Waals surface area (Å²) in [6, 6.07) is 5.90. The zero-order chi connectivity index (χ0) is 18.4. The molecule has 0 spiro atoms. The van der Waals surface area contributed by atoms with Gasteiger partial charge in [-0.05, 0) is 32.2 Å². The maximum atomic E-state index is 12.6. The van der Waals surface area contributed by atoms with E-state index >= 15 is 0 Å². The number of nitrogens with one attached hydrogen (secondary N) is 1. The van der Waals surface area contributed by atoms with Gasteiger partial charge in [0.1, 0.15) is 27.2 Å². The number of nitrogens with zero attached hydrogens (tertiary/aromatic N) is 2. The van der Waals surface area contributed by atoms with E-state index in [9.17, 15) is 10.1 Å². The first kappa shape index (κ1) is 17.2. The number of nitrogens with two attached hydrogens (primary N) is 2. The summed E-state index contributed by atoms with van der Waals surface area (Å²) in [5.74, 6) is -0.121. The maximum absolute atomic E-state index is 12.6. The van der Waals surface area contributed by atoms with Gasteiger partial charge in [-0.15, -0.1) is 22.7 Å². The average molecular weight is 371 g/mol. The molecule has 0 saturated carbocycles. The maximum Gasteiger partial charge on any atom is 0.263 e. The van der Waals surface area contributed by atoms with Gasteiger partial charge in [0.15, 0.2) is 0 Å². The normalized spacial score (nSPS) is 11.4. The first-order chi connectivity index (χ1) is 11.7. The smallest absolute Gasteiger partial charge is 0.263 e. The molecule has 3 aromatic heterocycles. The molecule has 6 nitrogen and oxygen atoms in total. The van der Waals surface area contributed by atoms with Crippen molar-refractivity contribution in [3.05, 3.63) is 28.0 Å². The second kappa shape index (κ2) is 6.02. The van der Waals surface area contributed by atoms with Crippen molar-refractivity contribution >= 4 is 50.3 Å². The van der Waals surface area contributed by atoms with Crippen molar-refractivity contribution in [3.8, 4) is 16.5 Å². The van der Waals surface area contributed by atoms with Crippen LogP contribution in [0.15, 0.2) is 17.5 Å². The van der Waals surface area contributed by atoms with E-state index < -0.39 is 0 Å². The summed E-state index contributed by atoms with van der Waals surface area (Å²) in [5, 5.41) is 15.0. The van der Waals surface area contributed by atoms with Crippen LogP contribution < -0.4 is 16.8 Å². The third-order valence-corrected chi connectivity index (χ3v) is 5.46. The van der Waals surface area contributed by atoms with Gasteiger partial charge in [0.25, 0.3) is 5.91 Å². The molecule has 0 aromatic carbocycles. The molecule has 0 saturated heterocycles. The fourth-order valence-corrected chi connectivity index (χ4v) is 4.31. The Morgan fingerprint density at radius 1 is 1.36 bits per heavy atom. The number of fused-ring (bicyclic) bond motifs is 1. The molecule has 0 atom stereocenters. The molecule has 3 heterocycles. The van der Waals surface area contributed by atoms with E-state index in [2.05, 4.69) is 16.4 Å². The second-order valence-corrected chi connectivity index (χ2v) is 8.51. The van der Waals surface area contributed by atoms with Crippen LogP contribution in [-0.2, 0) is 0 Å². The lowest BCUT2D eigenvalue weighted by Crippen LogP contribution is -2.40. The number of rotatable bonds is 2. The third kappa shape index (κ3) is 3.04. The number of amides is 1. The van der Waals surface area contributed by atoms with Crippen LogP contribution in [0.3, 0.4) is 0 Å². The average Bonchev–Trinajstić information content (AvgIpc) is 3.13. The lowest BCUT2D eigenvalue weighted by atomic mass is 10.0. The van der Waals surface area contributed by atoms with Crippen molar-refractivity contribution in [1.29, 1.82) is 5.26 Å². The number of carbonyl (C=O) groups is 1. The zero-order valence-corrected chi connectivity index (χ0v) is 15.6. The molecule has 0 fully saturated rings. The molecular weight excluding hydrogens is 354 g/mol. The summed E-state index contributed by atoms with van der Waals surface area (Å²) in [4.78, 5) is 18.7. The molecule has 128 valence electrons. The molecule has 0 aliphatic carbocycles. The molecule has 5 N–H and O–H groups in total. The number of nitrogen functional groups attached to an aromatic ring is 2. The molecule has 0 unspecified atom stereocenters. The summed E-state index contributed by atoms with van der Waals surface area (Å²) < 4.78 is 0. The zero-order valence-electron chi connectivity index (χ0n) is 14.0. The van der Waals surface area contributed by atoms with Crippen LogP contribution in [0.5, 0.6) is 0 Å². The Bertz CT molecular complexity index is 1010. The predicted molar refractivity (Wildman–Crippen MR) is 104 cm³/mol. The van der Waals surface area contributed by atoms with E-state index in [0.717, 1.165) is 4.88 Å². The highest BCUT2D eigenvalue weighted by Crippen LogP contribution is 2.43. The first-order valence-corrected chi connectivity index (χ1v) is 9.20.